The smallest absolute Gasteiger partial charge is 0.264 e. The van der Waals surface area contributed by atoms with E-state index in [9.17, 15) is 8.42 Å². The van der Waals surface area contributed by atoms with E-state index in [0.29, 0.717) is 6.54 Å². The first kappa shape index (κ1) is 13.9. The third-order valence-electron chi connectivity index (χ3n) is 3.24. The van der Waals surface area contributed by atoms with Gasteiger partial charge in [-0.25, -0.2) is 13.1 Å². The highest BCUT2D eigenvalue weighted by molar-refractivity contribution is 9.10. The molecule has 1 aliphatic rings. The third-order valence-corrected chi connectivity index (χ3v) is 6.03. The van der Waals surface area contributed by atoms with Crippen LogP contribution in [0.5, 0.6) is 0 Å². The number of nitrogens with two attached hydrogens (primary N) is 1. The Morgan fingerprint density at radius 2 is 2.17 bits per heavy atom. The monoisotopic (exact) mass is 337 g/mol. The average molecular weight is 338 g/mol. The van der Waals surface area contributed by atoms with Crippen LogP contribution in [-0.4, -0.2) is 40.4 Å². The van der Waals surface area contributed by atoms with Gasteiger partial charge >= 0.3 is 0 Å². The molecule has 2 heterocycles. The summed E-state index contributed by atoms with van der Waals surface area (Å²) < 4.78 is 27.9. The lowest BCUT2D eigenvalue weighted by Gasteiger charge is -2.36. The molecule has 0 aromatic carbocycles. The molecule has 0 radical (unpaired) electrons. The quantitative estimate of drug-likeness (QED) is 0.836. The predicted molar refractivity (Wildman–Crippen MR) is 69.0 cm³/mol. The van der Waals surface area contributed by atoms with Crippen molar-refractivity contribution in [1.82, 2.24) is 19.3 Å². The van der Waals surface area contributed by atoms with Crippen LogP contribution in [0.1, 0.15) is 19.8 Å². The first-order valence-corrected chi connectivity index (χ1v) is 7.91. The van der Waals surface area contributed by atoms with Gasteiger partial charge in [0.15, 0.2) is 4.60 Å². The zero-order valence-electron chi connectivity index (χ0n) is 10.2. The van der Waals surface area contributed by atoms with Gasteiger partial charge in [-0.15, -0.1) is 5.10 Å². The maximum Gasteiger partial charge on any atom is 0.264 e. The topological polar surface area (TPSA) is 94.1 Å². The summed E-state index contributed by atoms with van der Waals surface area (Å²) in [6, 6.07) is 0. The standard InChI is InChI=1S/C9H16BrN5O2S/c1-6-4-3-5-15(8(6)11)18(16,17)9-7(10)12-13-14(9)2/h6,8H,3-5,11H2,1-2H3. The summed E-state index contributed by atoms with van der Waals surface area (Å²) in [5.41, 5.74) is 6.00. The van der Waals surface area contributed by atoms with Crippen LogP contribution in [0.15, 0.2) is 9.63 Å². The van der Waals surface area contributed by atoms with Crippen LogP contribution in [0.25, 0.3) is 0 Å². The molecule has 0 aliphatic carbocycles. The Morgan fingerprint density at radius 3 is 2.72 bits per heavy atom. The Labute approximate surface area is 115 Å². The van der Waals surface area contributed by atoms with E-state index in [4.69, 9.17) is 5.73 Å². The lowest BCUT2D eigenvalue weighted by Crippen LogP contribution is -2.52. The van der Waals surface area contributed by atoms with Crippen molar-refractivity contribution in [2.75, 3.05) is 6.54 Å². The van der Waals surface area contributed by atoms with Gasteiger partial charge in [0.2, 0.25) is 5.03 Å². The van der Waals surface area contributed by atoms with Crippen LogP contribution in [0.4, 0.5) is 0 Å². The maximum atomic E-state index is 12.6. The fourth-order valence-corrected chi connectivity index (χ4v) is 4.85. The number of hydrogen-bond donors (Lipinski definition) is 1. The Kier molecular flexibility index (Phi) is 3.77. The molecule has 102 valence electrons. The summed E-state index contributed by atoms with van der Waals surface area (Å²) in [6.07, 6.45) is 1.26. The number of rotatable bonds is 2. The van der Waals surface area contributed by atoms with E-state index in [2.05, 4.69) is 26.2 Å². The summed E-state index contributed by atoms with van der Waals surface area (Å²) >= 11 is 3.11. The van der Waals surface area contributed by atoms with E-state index in [1.165, 1.54) is 8.99 Å². The van der Waals surface area contributed by atoms with Crippen molar-refractivity contribution in [2.24, 2.45) is 18.7 Å². The Bertz CT molecular complexity index is 524. The van der Waals surface area contributed by atoms with Gasteiger partial charge in [0, 0.05) is 13.6 Å². The van der Waals surface area contributed by atoms with Gasteiger partial charge in [0.25, 0.3) is 10.0 Å². The highest BCUT2D eigenvalue weighted by Gasteiger charge is 2.38. The number of nitrogens with zero attached hydrogens (tertiary/aromatic N) is 4. The van der Waals surface area contributed by atoms with Crippen molar-refractivity contribution >= 4 is 26.0 Å². The number of aromatic nitrogens is 3. The number of halogens is 1. The SMILES string of the molecule is CC1CCCN(S(=O)(=O)c2c(Br)nnn2C)C1N. The molecule has 1 aromatic rings. The van der Waals surface area contributed by atoms with E-state index in [1.54, 1.807) is 7.05 Å². The summed E-state index contributed by atoms with van der Waals surface area (Å²) in [6.45, 7) is 2.40. The minimum absolute atomic E-state index is 0.0482. The second-order valence-electron chi connectivity index (χ2n) is 4.53. The first-order chi connectivity index (χ1) is 8.35. The fourth-order valence-electron chi connectivity index (χ4n) is 2.16. The molecule has 7 nitrogen and oxygen atoms in total. The van der Waals surface area contributed by atoms with Crippen molar-refractivity contribution in [2.45, 2.75) is 31.0 Å². The lowest BCUT2D eigenvalue weighted by molar-refractivity contribution is 0.191. The van der Waals surface area contributed by atoms with Gasteiger partial charge in [-0.2, -0.15) is 4.31 Å². The van der Waals surface area contributed by atoms with Crippen molar-refractivity contribution in [3.05, 3.63) is 4.60 Å². The predicted octanol–water partition coefficient (Wildman–Crippen LogP) is 0.283. The molecule has 2 unspecified atom stereocenters. The molecule has 2 atom stereocenters. The Morgan fingerprint density at radius 1 is 1.50 bits per heavy atom. The van der Waals surface area contributed by atoms with Crippen molar-refractivity contribution in [3.8, 4) is 0 Å². The zero-order chi connectivity index (χ0) is 13.5. The third kappa shape index (κ3) is 2.20. The summed E-state index contributed by atoms with van der Waals surface area (Å²) in [5.74, 6) is 0.147. The molecule has 2 N–H and O–H groups in total. The van der Waals surface area contributed by atoms with Crippen LogP contribution in [0.3, 0.4) is 0 Å². The fraction of sp³-hybridized carbons (Fsp3) is 0.778. The molecule has 1 aliphatic heterocycles. The van der Waals surface area contributed by atoms with E-state index in [-0.39, 0.29) is 15.5 Å². The minimum Gasteiger partial charge on any atom is -0.315 e. The largest absolute Gasteiger partial charge is 0.315 e. The molecule has 0 bridgehead atoms. The molecule has 9 heteroatoms. The van der Waals surface area contributed by atoms with Crippen molar-refractivity contribution < 1.29 is 8.42 Å². The molecular weight excluding hydrogens is 322 g/mol. The van der Waals surface area contributed by atoms with E-state index < -0.39 is 16.2 Å². The van der Waals surface area contributed by atoms with Gasteiger partial charge in [-0.05, 0) is 34.7 Å². The summed E-state index contributed by atoms with van der Waals surface area (Å²) in [4.78, 5) is 0. The molecule has 1 saturated heterocycles. The number of sulfonamides is 1. The summed E-state index contributed by atoms with van der Waals surface area (Å²) in [7, 11) is -2.12. The Balaban J connectivity index is 2.43. The minimum atomic E-state index is -3.66. The van der Waals surface area contributed by atoms with Crippen LogP contribution in [0, 0.1) is 5.92 Å². The average Bonchev–Trinajstić information content (AvgIpc) is 2.62. The molecule has 2 rings (SSSR count). The van der Waals surface area contributed by atoms with Crippen molar-refractivity contribution in [1.29, 1.82) is 0 Å². The first-order valence-electron chi connectivity index (χ1n) is 5.68. The van der Waals surface area contributed by atoms with Crippen LogP contribution < -0.4 is 5.73 Å². The number of hydrogen-bond acceptors (Lipinski definition) is 5. The highest BCUT2D eigenvalue weighted by Crippen LogP contribution is 2.28. The molecular formula is C9H16BrN5O2S. The second kappa shape index (κ2) is 4.87. The lowest BCUT2D eigenvalue weighted by atomic mass is 9.99. The van der Waals surface area contributed by atoms with Gasteiger partial charge in [-0.1, -0.05) is 12.1 Å². The van der Waals surface area contributed by atoms with Gasteiger partial charge in [-0.3, -0.25) is 0 Å². The molecule has 1 aromatic heterocycles. The Hall–Kier alpha value is -0.510. The van der Waals surface area contributed by atoms with Crippen molar-refractivity contribution in [3.63, 3.8) is 0 Å². The van der Waals surface area contributed by atoms with E-state index >= 15 is 0 Å². The molecule has 0 spiro atoms. The van der Waals surface area contributed by atoms with Gasteiger partial charge in [0.1, 0.15) is 0 Å². The van der Waals surface area contributed by atoms with Crippen LogP contribution in [0.2, 0.25) is 0 Å². The maximum absolute atomic E-state index is 12.6. The van der Waals surface area contributed by atoms with Crippen LogP contribution in [-0.2, 0) is 17.1 Å². The van der Waals surface area contributed by atoms with Gasteiger partial charge < -0.3 is 5.73 Å². The van der Waals surface area contributed by atoms with Crippen LogP contribution >= 0.6 is 15.9 Å². The normalized spacial score (nSPS) is 26.4. The second-order valence-corrected chi connectivity index (χ2v) is 7.09. The summed E-state index contributed by atoms with van der Waals surface area (Å²) in [5, 5.41) is 7.45. The zero-order valence-corrected chi connectivity index (χ0v) is 12.6. The number of piperidine rings is 1. The van der Waals surface area contributed by atoms with Gasteiger partial charge in [0.05, 0.1) is 6.17 Å². The van der Waals surface area contributed by atoms with E-state index in [1.807, 2.05) is 6.92 Å². The molecule has 0 amide bonds. The molecule has 18 heavy (non-hydrogen) atoms. The molecule has 1 fully saturated rings. The number of aryl methyl sites for hydroxylation is 1. The highest BCUT2D eigenvalue weighted by atomic mass is 79.9. The molecule has 0 saturated carbocycles. The van der Waals surface area contributed by atoms with E-state index in [0.717, 1.165) is 12.8 Å².